The second-order valence-electron chi connectivity index (χ2n) is 5.11. The van der Waals surface area contributed by atoms with E-state index in [0.29, 0.717) is 12.0 Å². The Morgan fingerprint density at radius 1 is 1.33 bits per heavy atom. The van der Waals surface area contributed by atoms with Gasteiger partial charge in [-0.15, -0.1) is 0 Å². The molecule has 4 nitrogen and oxygen atoms in total. The predicted octanol–water partition coefficient (Wildman–Crippen LogP) is 2.98. The lowest BCUT2D eigenvalue weighted by molar-refractivity contribution is 0.774. The van der Waals surface area contributed by atoms with Crippen LogP contribution in [0.2, 0.25) is 0 Å². The standard InChI is InChI=1S/C14H18N4/c1-10(2)12-9-13-14(15-7-8-18(13)17-12)16-11-5-3-4-6-11/h3-4,7-11H,5-6H2,1-2H3,(H,15,16). The first-order chi connectivity index (χ1) is 8.74. The number of fused-ring (bicyclic) bond motifs is 1. The van der Waals surface area contributed by atoms with Crippen LogP contribution in [0.15, 0.2) is 30.6 Å². The van der Waals surface area contributed by atoms with Crippen molar-refractivity contribution in [1.82, 2.24) is 14.6 Å². The minimum atomic E-state index is 0.436. The van der Waals surface area contributed by atoms with Gasteiger partial charge >= 0.3 is 0 Å². The summed E-state index contributed by atoms with van der Waals surface area (Å²) in [6.07, 6.45) is 10.3. The molecule has 0 saturated carbocycles. The van der Waals surface area contributed by atoms with E-state index < -0.39 is 0 Å². The molecule has 94 valence electrons. The van der Waals surface area contributed by atoms with Crippen molar-refractivity contribution in [3.8, 4) is 0 Å². The predicted molar refractivity (Wildman–Crippen MR) is 72.9 cm³/mol. The van der Waals surface area contributed by atoms with Crippen LogP contribution < -0.4 is 5.32 Å². The third-order valence-corrected chi connectivity index (χ3v) is 3.35. The molecule has 0 spiro atoms. The summed E-state index contributed by atoms with van der Waals surface area (Å²) < 4.78 is 1.91. The molecule has 0 aromatic carbocycles. The van der Waals surface area contributed by atoms with Crippen molar-refractivity contribution in [1.29, 1.82) is 0 Å². The smallest absolute Gasteiger partial charge is 0.152 e. The lowest BCUT2D eigenvalue weighted by Gasteiger charge is -2.13. The van der Waals surface area contributed by atoms with Crippen molar-refractivity contribution in [3.05, 3.63) is 36.3 Å². The molecule has 0 saturated heterocycles. The second-order valence-corrected chi connectivity index (χ2v) is 5.11. The van der Waals surface area contributed by atoms with Gasteiger partial charge in [0.15, 0.2) is 5.82 Å². The van der Waals surface area contributed by atoms with Crippen molar-refractivity contribution in [3.63, 3.8) is 0 Å². The van der Waals surface area contributed by atoms with Crippen LogP contribution in [0.5, 0.6) is 0 Å². The molecule has 1 aliphatic rings. The maximum atomic E-state index is 4.57. The van der Waals surface area contributed by atoms with E-state index in [1.165, 1.54) is 0 Å². The fraction of sp³-hybridized carbons (Fsp3) is 0.429. The minimum absolute atomic E-state index is 0.436. The average Bonchev–Trinajstić information content (AvgIpc) is 2.97. The maximum absolute atomic E-state index is 4.57. The Morgan fingerprint density at radius 3 is 2.83 bits per heavy atom. The van der Waals surface area contributed by atoms with E-state index >= 15 is 0 Å². The minimum Gasteiger partial charge on any atom is -0.365 e. The lowest BCUT2D eigenvalue weighted by atomic mass is 10.1. The van der Waals surface area contributed by atoms with Crippen molar-refractivity contribution in [2.24, 2.45) is 0 Å². The zero-order chi connectivity index (χ0) is 12.5. The van der Waals surface area contributed by atoms with Crippen LogP contribution in [-0.2, 0) is 0 Å². The molecule has 0 bridgehead atoms. The summed E-state index contributed by atoms with van der Waals surface area (Å²) in [7, 11) is 0. The Morgan fingerprint density at radius 2 is 2.11 bits per heavy atom. The van der Waals surface area contributed by atoms with Gasteiger partial charge in [-0.2, -0.15) is 5.10 Å². The molecular formula is C14H18N4. The molecule has 0 unspecified atom stereocenters. The molecule has 2 heterocycles. The van der Waals surface area contributed by atoms with E-state index in [9.17, 15) is 0 Å². The third kappa shape index (κ3) is 1.98. The van der Waals surface area contributed by atoms with Gasteiger partial charge in [-0.05, 0) is 24.8 Å². The Balaban J connectivity index is 1.95. The van der Waals surface area contributed by atoms with Crippen molar-refractivity contribution < 1.29 is 0 Å². The van der Waals surface area contributed by atoms with Crippen molar-refractivity contribution in [2.75, 3.05) is 5.32 Å². The number of hydrogen-bond acceptors (Lipinski definition) is 3. The summed E-state index contributed by atoms with van der Waals surface area (Å²) in [5.74, 6) is 1.37. The summed E-state index contributed by atoms with van der Waals surface area (Å²) in [6.45, 7) is 4.31. The van der Waals surface area contributed by atoms with Gasteiger partial charge in [0.05, 0.1) is 5.69 Å². The molecule has 0 aliphatic heterocycles. The van der Waals surface area contributed by atoms with Crippen LogP contribution >= 0.6 is 0 Å². The van der Waals surface area contributed by atoms with E-state index in [-0.39, 0.29) is 0 Å². The molecule has 0 fully saturated rings. The summed E-state index contributed by atoms with van der Waals surface area (Å²) in [5.41, 5.74) is 2.17. The van der Waals surface area contributed by atoms with E-state index in [1.54, 1.807) is 6.20 Å². The Hall–Kier alpha value is -1.84. The number of rotatable bonds is 3. The number of nitrogens with zero attached hydrogens (tertiary/aromatic N) is 3. The summed E-state index contributed by atoms with van der Waals surface area (Å²) >= 11 is 0. The zero-order valence-electron chi connectivity index (χ0n) is 10.8. The molecule has 18 heavy (non-hydrogen) atoms. The highest BCUT2D eigenvalue weighted by Crippen LogP contribution is 2.22. The Bertz CT molecular complexity index is 574. The second kappa shape index (κ2) is 4.44. The highest BCUT2D eigenvalue weighted by Gasteiger charge is 2.14. The topological polar surface area (TPSA) is 42.2 Å². The van der Waals surface area contributed by atoms with Crippen LogP contribution in [-0.4, -0.2) is 20.6 Å². The molecule has 4 heteroatoms. The highest BCUT2D eigenvalue weighted by atomic mass is 15.2. The van der Waals surface area contributed by atoms with E-state index in [2.05, 4.69) is 47.5 Å². The first-order valence-electron chi connectivity index (χ1n) is 6.50. The fourth-order valence-electron chi connectivity index (χ4n) is 2.26. The van der Waals surface area contributed by atoms with E-state index in [0.717, 1.165) is 29.9 Å². The lowest BCUT2D eigenvalue weighted by Crippen LogP contribution is -2.16. The molecule has 1 aliphatic carbocycles. The first-order valence-corrected chi connectivity index (χ1v) is 6.50. The molecule has 0 amide bonds. The number of nitrogens with one attached hydrogen (secondary N) is 1. The highest BCUT2D eigenvalue weighted by molar-refractivity contribution is 5.68. The molecule has 2 aromatic heterocycles. The van der Waals surface area contributed by atoms with Gasteiger partial charge < -0.3 is 5.32 Å². The van der Waals surface area contributed by atoms with E-state index in [1.807, 2.05) is 10.7 Å². The summed E-state index contributed by atoms with van der Waals surface area (Å²) in [4.78, 5) is 4.44. The first kappa shape index (κ1) is 11.3. The van der Waals surface area contributed by atoms with Gasteiger partial charge in [0, 0.05) is 18.4 Å². The third-order valence-electron chi connectivity index (χ3n) is 3.35. The molecule has 2 aromatic rings. The molecule has 1 N–H and O–H groups in total. The SMILES string of the molecule is CC(C)c1cc2c(NC3CC=CC3)nccn2n1. The van der Waals surface area contributed by atoms with Gasteiger partial charge in [0.2, 0.25) is 0 Å². The van der Waals surface area contributed by atoms with Crippen LogP contribution in [0, 0.1) is 0 Å². The monoisotopic (exact) mass is 242 g/mol. The van der Waals surface area contributed by atoms with Crippen LogP contribution in [0.3, 0.4) is 0 Å². The Labute approximate surface area is 107 Å². The van der Waals surface area contributed by atoms with Gasteiger partial charge in [-0.3, -0.25) is 0 Å². The number of anilines is 1. The molecule has 0 radical (unpaired) electrons. The zero-order valence-corrected chi connectivity index (χ0v) is 10.8. The number of hydrogen-bond donors (Lipinski definition) is 1. The molecule has 0 atom stereocenters. The quantitative estimate of drug-likeness (QED) is 0.841. The van der Waals surface area contributed by atoms with E-state index in [4.69, 9.17) is 0 Å². The van der Waals surface area contributed by atoms with Crippen LogP contribution in [0.25, 0.3) is 5.52 Å². The summed E-state index contributed by atoms with van der Waals surface area (Å²) in [5, 5.41) is 8.07. The van der Waals surface area contributed by atoms with Crippen LogP contribution in [0.4, 0.5) is 5.82 Å². The average molecular weight is 242 g/mol. The van der Waals surface area contributed by atoms with Crippen molar-refractivity contribution >= 4 is 11.3 Å². The largest absolute Gasteiger partial charge is 0.365 e. The van der Waals surface area contributed by atoms with Crippen LogP contribution in [0.1, 0.15) is 38.3 Å². The molecular weight excluding hydrogens is 224 g/mol. The maximum Gasteiger partial charge on any atom is 0.152 e. The summed E-state index contributed by atoms with van der Waals surface area (Å²) in [6, 6.07) is 2.60. The van der Waals surface area contributed by atoms with Gasteiger partial charge in [-0.25, -0.2) is 9.50 Å². The molecule has 3 rings (SSSR count). The van der Waals surface area contributed by atoms with Gasteiger partial charge in [0.1, 0.15) is 5.52 Å². The van der Waals surface area contributed by atoms with Gasteiger partial charge in [-0.1, -0.05) is 26.0 Å². The Kier molecular flexibility index (Phi) is 2.78. The fourth-order valence-corrected chi connectivity index (χ4v) is 2.26. The number of aromatic nitrogens is 3. The normalized spacial score (nSPS) is 15.9. The van der Waals surface area contributed by atoms with Gasteiger partial charge in [0.25, 0.3) is 0 Å². The van der Waals surface area contributed by atoms with Crippen molar-refractivity contribution in [2.45, 2.75) is 38.6 Å².